The van der Waals surface area contributed by atoms with Crippen LogP contribution in [0, 0.1) is 17.0 Å². The maximum atomic E-state index is 13.7. The first-order valence-corrected chi connectivity index (χ1v) is 11.7. The largest absolute Gasteiger partial charge is 0.330 e. The van der Waals surface area contributed by atoms with Crippen molar-refractivity contribution in [2.24, 2.45) is 5.41 Å². The summed E-state index contributed by atoms with van der Waals surface area (Å²) in [5.41, 5.74) is 4.37. The van der Waals surface area contributed by atoms with Crippen LogP contribution in [0.4, 0.5) is 14.5 Å². The van der Waals surface area contributed by atoms with Crippen molar-refractivity contribution in [2.45, 2.75) is 53.5 Å². The van der Waals surface area contributed by atoms with Gasteiger partial charge in [-0.25, -0.2) is 13.8 Å². The van der Waals surface area contributed by atoms with Crippen molar-refractivity contribution in [2.75, 3.05) is 5.32 Å². The zero-order valence-electron chi connectivity index (χ0n) is 21.0. The molecule has 0 spiro atoms. The Morgan fingerprint density at radius 3 is 2.69 bits per heavy atom. The molecule has 1 heterocycles. The minimum Gasteiger partial charge on any atom is -0.330 e. The number of benzene rings is 1. The summed E-state index contributed by atoms with van der Waals surface area (Å²) in [6.45, 7) is 10.6. The zero-order chi connectivity index (χ0) is 25.6. The second kappa shape index (κ2) is 11.3. The first kappa shape index (κ1) is 26.1. The van der Waals surface area contributed by atoms with Gasteiger partial charge in [0.2, 0.25) is 5.91 Å². The number of carbonyl (C=O) groups excluding carboxylic acids is 1. The maximum Gasteiger partial charge on any atom is 0.248 e. The molecule has 0 aliphatic heterocycles. The molecule has 1 atom stereocenters. The summed E-state index contributed by atoms with van der Waals surface area (Å²) in [5.74, 6) is -1.82. The van der Waals surface area contributed by atoms with Crippen LogP contribution < -0.4 is 5.32 Å². The number of hydrogen-bond donors (Lipinski definition) is 1. The van der Waals surface area contributed by atoms with Gasteiger partial charge in [-0.3, -0.25) is 4.79 Å². The van der Waals surface area contributed by atoms with E-state index in [1.54, 1.807) is 13.0 Å². The third-order valence-electron chi connectivity index (χ3n) is 6.36. The van der Waals surface area contributed by atoms with Gasteiger partial charge in [-0.15, -0.1) is 0 Å². The molecule has 1 aromatic heterocycles. The third-order valence-corrected chi connectivity index (χ3v) is 6.36. The number of nitrogens with zero attached hydrogens (tertiary/aromatic N) is 2. The number of carbonyl (C=O) groups is 1. The molecule has 184 valence electrons. The van der Waals surface area contributed by atoms with Crippen LogP contribution >= 0.6 is 0 Å². The van der Waals surface area contributed by atoms with Gasteiger partial charge in [-0.1, -0.05) is 49.8 Å². The highest BCUT2D eigenvalue weighted by Crippen LogP contribution is 2.45. The molecule has 0 bridgehead atoms. The first-order valence-electron chi connectivity index (χ1n) is 11.7. The van der Waals surface area contributed by atoms with Crippen molar-refractivity contribution in [3.8, 4) is 0 Å². The summed E-state index contributed by atoms with van der Waals surface area (Å²) in [6, 6.07) is 3.26. The first-order chi connectivity index (χ1) is 16.6. The SMILES string of the molecule is CC1=C(/C=C/C(C)=C/C=C/C(C)=C/C(=O)Nc2cc(F)ccc2F)C(C)(C)CC[C@@H]1n1ccnc1. The van der Waals surface area contributed by atoms with Crippen LogP contribution in [0.5, 0.6) is 0 Å². The van der Waals surface area contributed by atoms with Crippen molar-refractivity contribution < 1.29 is 13.6 Å². The maximum absolute atomic E-state index is 13.7. The minimum absolute atomic E-state index is 0.0988. The van der Waals surface area contributed by atoms with E-state index < -0.39 is 17.5 Å². The van der Waals surface area contributed by atoms with E-state index in [1.807, 2.05) is 37.8 Å². The average molecular weight is 478 g/mol. The fraction of sp³-hybridized carbons (Fsp3) is 0.310. The number of imidazole rings is 1. The Kier molecular flexibility index (Phi) is 8.39. The number of halogens is 2. The van der Waals surface area contributed by atoms with Crippen LogP contribution in [0.3, 0.4) is 0 Å². The number of nitrogens with one attached hydrogen (secondary N) is 1. The molecule has 1 amide bonds. The Labute approximate surface area is 206 Å². The van der Waals surface area contributed by atoms with Gasteiger partial charge in [0, 0.05) is 24.5 Å². The second-order valence-corrected chi connectivity index (χ2v) is 9.65. The van der Waals surface area contributed by atoms with E-state index in [1.165, 1.54) is 17.2 Å². The Balaban J connectivity index is 1.67. The molecule has 2 aromatic rings. The molecule has 0 unspecified atom stereocenters. The smallest absolute Gasteiger partial charge is 0.248 e. The molecule has 3 rings (SSSR count). The lowest BCUT2D eigenvalue weighted by atomic mass is 9.71. The molecule has 1 aliphatic carbocycles. The van der Waals surface area contributed by atoms with Crippen LogP contribution in [0.25, 0.3) is 0 Å². The van der Waals surface area contributed by atoms with Gasteiger partial charge < -0.3 is 9.88 Å². The van der Waals surface area contributed by atoms with Crippen LogP contribution in [-0.4, -0.2) is 15.5 Å². The molecule has 0 fully saturated rings. The lowest BCUT2D eigenvalue weighted by molar-refractivity contribution is -0.112. The van der Waals surface area contributed by atoms with Crippen LogP contribution in [0.1, 0.15) is 53.5 Å². The van der Waals surface area contributed by atoms with Gasteiger partial charge in [-0.2, -0.15) is 0 Å². The van der Waals surface area contributed by atoms with Crippen LogP contribution in [0.2, 0.25) is 0 Å². The molecule has 6 heteroatoms. The molecular formula is C29H33F2N3O. The fourth-order valence-corrected chi connectivity index (χ4v) is 4.38. The van der Waals surface area contributed by atoms with Crippen molar-refractivity contribution >= 4 is 11.6 Å². The predicted molar refractivity (Wildman–Crippen MR) is 138 cm³/mol. The highest BCUT2D eigenvalue weighted by Gasteiger charge is 2.32. The number of amides is 1. The van der Waals surface area contributed by atoms with E-state index in [4.69, 9.17) is 0 Å². The molecule has 35 heavy (non-hydrogen) atoms. The number of anilines is 1. The molecule has 0 saturated carbocycles. The fourth-order valence-electron chi connectivity index (χ4n) is 4.38. The van der Waals surface area contributed by atoms with E-state index >= 15 is 0 Å². The Bertz CT molecular complexity index is 1210. The second-order valence-electron chi connectivity index (χ2n) is 9.65. The summed E-state index contributed by atoms with van der Waals surface area (Å²) in [6.07, 6.45) is 19.2. The van der Waals surface area contributed by atoms with Gasteiger partial charge in [0.25, 0.3) is 0 Å². The van der Waals surface area contributed by atoms with E-state index in [9.17, 15) is 13.6 Å². The van der Waals surface area contributed by atoms with E-state index in [-0.39, 0.29) is 11.1 Å². The van der Waals surface area contributed by atoms with Gasteiger partial charge >= 0.3 is 0 Å². The molecule has 0 radical (unpaired) electrons. The molecule has 1 aromatic carbocycles. The van der Waals surface area contributed by atoms with E-state index in [0.717, 1.165) is 36.6 Å². The van der Waals surface area contributed by atoms with Crippen molar-refractivity contribution in [3.63, 3.8) is 0 Å². The Hall–Kier alpha value is -3.54. The standard InChI is InChI=1S/C29H33F2N3O/c1-20(7-6-8-21(2)17-28(35)33-26-18-23(30)10-12-25(26)31)9-11-24-22(3)27(13-14-29(24,4)5)34-16-15-32-19-34/h6-12,15-19,27H,13-14H2,1-5H3,(H,33,35)/b8-6+,11-9+,20-7+,21-17+/t27-/m0/s1. The number of rotatable bonds is 7. The van der Waals surface area contributed by atoms with Crippen LogP contribution in [0.15, 0.2) is 95.7 Å². The molecule has 0 saturated heterocycles. The molecule has 4 nitrogen and oxygen atoms in total. The average Bonchev–Trinajstić information content (AvgIpc) is 3.30. The van der Waals surface area contributed by atoms with Gasteiger partial charge in [0.15, 0.2) is 0 Å². The van der Waals surface area contributed by atoms with Crippen molar-refractivity contribution in [1.29, 1.82) is 0 Å². The lowest BCUT2D eigenvalue weighted by Gasteiger charge is -2.37. The Morgan fingerprint density at radius 2 is 1.97 bits per heavy atom. The number of hydrogen-bond acceptors (Lipinski definition) is 2. The quantitative estimate of drug-likeness (QED) is 0.332. The highest BCUT2D eigenvalue weighted by atomic mass is 19.1. The van der Waals surface area contributed by atoms with Crippen LogP contribution in [-0.2, 0) is 4.79 Å². The van der Waals surface area contributed by atoms with Gasteiger partial charge in [-0.05, 0) is 67.9 Å². The van der Waals surface area contributed by atoms with Crippen molar-refractivity contribution in [3.05, 3.63) is 107 Å². The highest BCUT2D eigenvalue weighted by molar-refractivity contribution is 6.00. The number of aromatic nitrogens is 2. The molecular weight excluding hydrogens is 444 g/mol. The van der Waals surface area contributed by atoms with Crippen molar-refractivity contribution in [1.82, 2.24) is 9.55 Å². The van der Waals surface area contributed by atoms with Gasteiger partial charge in [0.1, 0.15) is 11.6 Å². The third kappa shape index (κ3) is 6.98. The molecule has 1 N–H and O–H groups in total. The van der Waals surface area contributed by atoms with E-state index in [0.29, 0.717) is 11.6 Å². The summed E-state index contributed by atoms with van der Waals surface area (Å²) in [7, 11) is 0. The Morgan fingerprint density at radius 1 is 1.20 bits per heavy atom. The summed E-state index contributed by atoms with van der Waals surface area (Å²) in [5, 5.41) is 2.36. The summed E-state index contributed by atoms with van der Waals surface area (Å²) < 4.78 is 29.1. The minimum atomic E-state index is -0.686. The summed E-state index contributed by atoms with van der Waals surface area (Å²) >= 11 is 0. The van der Waals surface area contributed by atoms with Gasteiger partial charge in [0.05, 0.1) is 18.1 Å². The number of allylic oxidation sites excluding steroid dienone is 9. The molecule has 1 aliphatic rings. The monoisotopic (exact) mass is 477 g/mol. The zero-order valence-corrected chi connectivity index (χ0v) is 21.0. The normalized spacial score (nSPS) is 19.1. The van der Waals surface area contributed by atoms with E-state index in [2.05, 4.69) is 47.8 Å². The predicted octanol–water partition coefficient (Wildman–Crippen LogP) is 7.48. The lowest BCUT2D eigenvalue weighted by Crippen LogP contribution is -2.25. The summed E-state index contributed by atoms with van der Waals surface area (Å²) in [4.78, 5) is 16.3. The topological polar surface area (TPSA) is 46.9 Å².